The molecule has 0 aliphatic carbocycles. The Hall–Kier alpha value is -3.06. The number of amides is 1. The molecule has 1 fully saturated rings. The highest BCUT2D eigenvalue weighted by Crippen LogP contribution is 2.25. The van der Waals surface area contributed by atoms with Gasteiger partial charge in [-0.15, -0.1) is 0 Å². The van der Waals surface area contributed by atoms with Crippen LogP contribution < -0.4 is 15.7 Å². The summed E-state index contributed by atoms with van der Waals surface area (Å²) in [6.07, 6.45) is 3.90. The molecule has 0 spiro atoms. The van der Waals surface area contributed by atoms with E-state index in [0.717, 1.165) is 31.7 Å². The molecule has 0 bridgehead atoms. The number of ether oxygens (including phenoxy) is 1. The summed E-state index contributed by atoms with van der Waals surface area (Å²) in [5, 5.41) is 3.55. The molecule has 0 saturated carbocycles. The van der Waals surface area contributed by atoms with Crippen molar-refractivity contribution in [3.8, 4) is 5.75 Å². The monoisotopic (exact) mass is 410 g/mol. The summed E-state index contributed by atoms with van der Waals surface area (Å²) in [6.45, 7) is 6.11. The normalized spacial score (nSPS) is 15.6. The van der Waals surface area contributed by atoms with Crippen LogP contribution in [0, 0.1) is 0 Å². The molecule has 1 unspecified atom stereocenters. The first-order chi connectivity index (χ1) is 14.5. The third-order valence-corrected chi connectivity index (χ3v) is 5.23. The third kappa shape index (κ3) is 4.41. The lowest BCUT2D eigenvalue weighted by Crippen LogP contribution is -2.37. The lowest BCUT2D eigenvalue weighted by molar-refractivity contribution is 0.0930. The number of hydrogen-bond donors (Lipinski definition) is 1. The van der Waals surface area contributed by atoms with Crippen molar-refractivity contribution in [2.24, 2.45) is 0 Å². The predicted molar refractivity (Wildman–Crippen MR) is 113 cm³/mol. The minimum absolute atomic E-state index is 0.0111. The molecule has 0 radical (unpaired) electrons. The van der Waals surface area contributed by atoms with Gasteiger partial charge in [-0.25, -0.2) is 4.79 Å². The maximum Gasteiger partial charge on any atom is 0.349 e. The Morgan fingerprint density at radius 1 is 1.20 bits per heavy atom. The molecule has 1 aliphatic heterocycles. The van der Waals surface area contributed by atoms with Gasteiger partial charge in [0.05, 0.1) is 18.4 Å². The van der Waals surface area contributed by atoms with Gasteiger partial charge in [0.15, 0.2) is 0 Å². The molecule has 30 heavy (non-hydrogen) atoms. The number of nitrogens with one attached hydrogen (secondary N) is 1. The number of rotatable bonds is 7. The van der Waals surface area contributed by atoms with Crippen molar-refractivity contribution in [2.45, 2.75) is 38.8 Å². The average Bonchev–Trinajstić information content (AvgIpc) is 3.41. The zero-order valence-corrected chi connectivity index (χ0v) is 17.2. The molecule has 158 valence electrons. The molecule has 4 rings (SSSR count). The Kier molecular flexibility index (Phi) is 5.90. The zero-order chi connectivity index (χ0) is 21.1. The number of fused-ring (bicyclic) bond motifs is 1. The van der Waals surface area contributed by atoms with Crippen molar-refractivity contribution < 1.29 is 18.4 Å². The van der Waals surface area contributed by atoms with E-state index in [-0.39, 0.29) is 17.7 Å². The van der Waals surface area contributed by atoms with Gasteiger partial charge in [0.1, 0.15) is 22.7 Å². The lowest BCUT2D eigenvalue weighted by atomic mass is 10.1. The second-order valence-corrected chi connectivity index (χ2v) is 7.80. The van der Waals surface area contributed by atoms with E-state index in [1.807, 2.05) is 26.0 Å². The number of benzene rings is 1. The van der Waals surface area contributed by atoms with Crippen LogP contribution in [0.2, 0.25) is 0 Å². The standard InChI is InChI=1S/C23H26N2O5/c1-15(2)29-17-8-7-16-12-18(23(27)30-21(16)13-17)22(26)24-14-19(20-6-5-11-28-20)25-9-3-4-10-25/h5-8,11-13,15,19H,3-4,9-10,14H2,1-2H3,(H,24,26). The molecule has 2 aromatic heterocycles. The highest BCUT2D eigenvalue weighted by atomic mass is 16.5. The van der Waals surface area contributed by atoms with Crippen molar-refractivity contribution in [3.05, 3.63) is 64.4 Å². The van der Waals surface area contributed by atoms with Gasteiger partial charge in [0.25, 0.3) is 5.91 Å². The summed E-state index contributed by atoms with van der Waals surface area (Å²) in [4.78, 5) is 27.5. The zero-order valence-electron chi connectivity index (χ0n) is 17.2. The number of likely N-dealkylation sites (tertiary alicyclic amines) is 1. The van der Waals surface area contributed by atoms with Crippen LogP contribution in [0.3, 0.4) is 0 Å². The maximum absolute atomic E-state index is 12.8. The molecule has 1 saturated heterocycles. The first-order valence-corrected chi connectivity index (χ1v) is 10.3. The van der Waals surface area contributed by atoms with E-state index in [2.05, 4.69) is 10.2 Å². The van der Waals surface area contributed by atoms with E-state index < -0.39 is 11.5 Å². The largest absolute Gasteiger partial charge is 0.491 e. The molecule has 7 nitrogen and oxygen atoms in total. The molecule has 1 aromatic carbocycles. The minimum atomic E-state index is -0.669. The Morgan fingerprint density at radius 2 is 2.00 bits per heavy atom. The van der Waals surface area contributed by atoms with E-state index >= 15 is 0 Å². The van der Waals surface area contributed by atoms with E-state index in [1.165, 1.54) is 0 Å². The minimum Gasteiger partial charge on any atom is -0.491 e. The van der Waals surface area contributed by atoms with Crippen LogP contribution in [0.15, 0.2) is 56.3 Å². The predicted octanol–water partition coefficient (Wildman–Crippen LogP) is 3.74. The molecule has 7 heteroatoms. The van der Waals surface area contributed by atoms with Crippen molar-refractivity contribution >= 4 is 16.9 Å². The van der Waals surface area contributed by atoms with Gasteiger partial charge in [-0.3, -0.25) is 9.69 Å². The molecule has 3 heterocycles. The Labute approximate surface area is 174 Å². The van der Waals surface area contributed by atoms with Crippen LogP contribution in [-0.4, -0.2) is 36.5 Å². The van der Waals surface area contributed by atoms with Crippen LogP contribution in [0.25, 0.3) is 11.0 Å². The van der Waals surface area contributed by atoms with Gasteiger partial charge in [-0.1, -0.05) is 0 Å². The van der Waals surface area contributed by atoms with Gasteiger partial charge in [0.2, 0.25) is 0 Å². The van der Waals surface area contributed by atoms with E-state index in [0.29, 0.717) is 23.3 Å². The van der Waals surface area contributed by atoms with Crippen LogP contribution in [0.1, 0.15) is 48.8 Å². The van der Waals surface area contributed by atoms with E-state index in [4.69, 9.17) is 13.6 Å². The maximum atomic E-state index is 12.8. The first-order valence-electron chi connectivity index (χ1n) is 10.3. The third-order valence-electron chi connectivity index (χ3n) is 5.23. The number of carbonyl (C=O) groups is 1. The molecule has 1 amide bonds. The summed E-state index contributed by atoms with van der Waals surface area (Å²) >= 11 is 0. The van der Waals surface area contributed by atoms with Gasteiger partial charge in [-0.05, 0) is 70.1 Å². The smallest absolute Gasteiger partial charge is 0.349 e. The Bertz CT molecular complexity index is 1060. The van der Waals surface area contributed by atoms with Gasteiger partial charge in [0, 0.05) is 18.0 Å². The number of hydrogen-bond acceptors (Lipinski definition) is 6. The second-order valence-electron chi connectivity index (χ2n) is 7.80. The molecule has 1 aliphatic rings. The summed E-state index contributed by atoms with van der Waals surface area (Å²) in [5.74, 6) is 0.967. The summed E-state index contributed by atoms with van der Waals surface area (Å²) < 4.78 is 16.6. The summed E-state index contributed by atoms with van der Waals surface area (Å²) in [6, 6.07) is 10.5. The molecular formula is C23H26N2O5. The fourth-order valence-corrected chi connectivity index (χ4v) is 3.82. The lowest BCUT2D eigenvalue weighted by Gasteiger charge is -2.25. The van der Waals surface area contributed by atoms with Gasteiger partial charge >= 0.3 is 5.63 Å². The first kappa shape index (κ1) is 20.2. The fourth-order valence-electron chi connectivity index (χ4n) is 3.82. The van der Waals surface area contributed by atoms with Crippen molar-refractivity contribution in [2.75, 3.05) is 19.6 Å². The van der Waals surface area contributed by atoms with E-state index in [9.17, 15) is 9.59 Å². The topological polar surface area (TPSA) is 84.9 Å². The van der Waals surface area contributed by atoms with Crippen molar-refractivity contribution in [3.63, 3.8) is 0 Å². The van der Waals surface area contributed by atoms with Crippen LogP contribution in [0.5, 0.6) is 5.75 Å². The van der Waals surface area contributed by atoms with E-state index in [1.54, 1.807) is 30.5 Å². The van der Waals surface area contributed by atoms with Crippen LogP contribution in [-0.2, 0) is 0 Å². The highest BCUT2D eigenvalue weighted by Gasteiger charge is 2.26. The van der Waals surface area contributed by atoms with Crippen LogP contribution in [0.4, 0.5) is 0 Å². The molecule has 1 atom stereocenters. The second kappa shape index (κ2) is 8.75. The Morgan fingerprint density at radius 3 is 2.70 bits per heavy atom. The SMILES string of the molecule is CC(C)Oc1ccc2cc(C(=O)NCC(c3ccco3)N3CCCC3)c(=O)oc2c1. The fraction of sp³-hybridized carbons (Fsp3) is 0.391. The number of nitrogens with zero attached hydrogens (tertiary/aromatic N) is 1. The number of carbonyl (C=O) groups excluding carboxylic acids is 1. The number of furan rings is 1. The Balaban J connectivity index is 1.52. The quantitative estimate of drug-likeness (QED) is 0.598. The van der Waals surface area contributed by atoms with Crippen molar-refractivity contribution in [1.82, 2.24) is 10.2 Å². The summed E-state index contributed by atoms with van der Waals surface area (Å²) in [5.41, 5.74) is -0.294. The molecular weight excluding hydrogens is 384 g/mol. The van der Waals surface area contributed by atoms with Crippen molar-refractivity contribution in [1.29, 1.82) is 0 Å². The molecule has 3 aromatic rings. The van der Waals surface area contributed by atoms with Gasteiger partial charge in [-0.2, -0.15) is 0 Å². The average molecular weight is 410 g/mol. The highest BCUT2D eigenvalue weighted by molar-refractivity contribution is 5.96. The molecule has 1 N–H and O–H groups in total. The summed E-state index contributed by atoms with van der Waals surface area (Å²) in [7, 11) is 0. The van der Waals surface area contributed by atoms with Gasteiger partial charge < -0.3 is 18.9 Å². The van der Waals surface area contributed by atoms with Crippen LogP contribution >= 0.6 is 0 Å².